The highest BCUT2D eigenvalue weighted by molar-refractivity contribution is 6.29. The minimum Gasteiger partial charge on any atom is -0.478 e. The van der Waals surface area contributed by atoms with Gasteiger partial charge in [0.05, 0.1) is 11.3 Å². The van der Waals surface area contributed by atoms with E-state index in [1.54, 1.807) is 10.6 Å². The Labute approximate surface area is 102 Å². The molecule has 88 valence electrons. The summed E-state index contributed by atoms with van der Waals surface area (Å²) in [6, 6.07) is 1.63. The summed E-state index contributed by atoms with van der Waals surface area (Å²) in [4.78, 5) is 15.3. The number of carbonyl (C=O) groups is 1. The average molecular weight is 252 g/mol. The predicted molar refractivity (Wildman–Crippen MR) is 61.5 cm³/mol. The smallest absolute Gasteiger partial charge is 0.339 e. The lowest BCUT2D eigenvalue weighted by molar-refractivity contribution is 0.0693. The second-order valence-corrected chi connectivity index (χ2v) is 5.01. The van der Waals surface area contributed by atoms with Crippen molar-refractivity contribution in [1.29, 1.82) is 0 Å². The number of hydrogen-bond donors (Lipinski definition) is 1. The van der Waals surface area contributed by atoms with Gasteiger partial charge >= 0.3 is 5.97 Å². The Kier molecular flexibility index (Phi) is 1.98. The van der Waals surface area contributed by atoms with Gasteiger partial charge in [-0.1, -0.05) is 18.5 Å². The van der Waals surface area contributed by atoms with Gasteiger partial charge in [0, 0.05) is 17.7 Å². The zero-order chi connectivity index (χ0) is 12.2. The Morgan fingerprint density at radius 2 is 2.29 bits per heavy atom. The van der Waals surface area contributed by atoms with Crippen LogP contribution in [0.5, 0.6) is 0 Å². The maximum atomic E-state index is 11.2. The number of nitrogens with zero attached hydrogens (tertiary/aromatic N) is 3. The topological polar surface area (TPSA) is 67.5 Å². The third kappa shape index (κ3) is 1.50. The monoisotopic (exact) mass is 251 g/mol. The largest absolute Gasteiger partial charge is 0.478 e. The van der Waals surface area contributed by atoms with E-state index in [0.717, 1.165) is 12.8 Å². The van der Waals surface area contributed by atoms with Crippen molar-refractivity contribution >= 4 is 23.2 Å². The second kappa shape index (κ2) is 3.20. The van der Waals surface area contributed by atoms with Crippen LogP contribution in [0.3, 0.4) is 0 Å². The van der Waals surface area contributed by atoms with Gasteiger partial charge in [-0.05, 0) is 12.8 Å². The van der Waals surface area contributed by atoms with Crippen LogP contribution in [0.1, 0.15) is 35.8 Å². The molecule has 0 saturated heterocycles. The van der Waals surface area contributed by atoms with Crippen molar-refractivity contribution in [3.8, 4) is 0 Å². The molecule has 1 fully saturated rings. The number of carboxylic acids is 1. The van der Waals surface area contributed by atoms with Crippen molar-refractivity contribution < 1.29 is 9.90 Å². The predicted octanol–water partition coefficient (Wildman–Crippen LogP) is 2.13. The lowest BCUT2D eigenvalue weighted by Gasteiger charge is -2.13. The Morgan fingerprint density at radius 3 is 2.88 bits per heavy atom. The Morgan fingerprint density at radius 1 is 1.59 bits per heavy atom. The van der Waals surface area contributed by atoms with Crippen molar-refractivity contribution in [2.75, 3.05) is 0 Å². The summed E-state index contributed by atoms with van der Waals surface area (Å²) < 4.78 is 1.55. The first kappa shape index (κ1) is 10.5. The van der Waals surface area contributed by atoms with Crippen LogP contribution >= 0.6 is 11.6 Å². The summed E-state index contributed by atoms with van der Waals surface area (Å²) in [6.07, 6.45) is 3.31. The molecule has 5 nitrogen and oxygen atoms in total. The zero-order valence-electron chi connectivity index (χ0n) is 9.14. The molecule has 1 aliphatic rings. The van der Waals surface area contributed by atoms with Crippen LogP contribution in [0.15, 0.2) is 12.3 Å². The van der Waals surface area contributed by atoms with E-state index in [-0.39, 0.29) is 11.0 Å². The molecule has 3 rings (SSSR count). The average Bonchev–Trinajstić information content (AvgIpc) is 2.88. The standard InChI is InChI=1S/C11H10ClN3O2/c1-11(2-3-11)9-6(10(16)17)5-13-8-4-7(12)14-15(8)9/h4-5H,2-3H2,1H3,(H,16,17). The first-order valence-electron chi connectivity index (χ1n) is 5.29. The van der Waals surface area contributed by atoms with E-state index in [1.807, 2.05) is 6.92 Å². The highest BCUT2D eigenvalue weighted by Gasteiger charge is 2.44. The van der Waals surface area contributed by atoms with Crippen LogP contribution in [0.2, 0.25) is 5.15 Å². The summed E-state index contributed by atoms with van der Waals surface area (Å²) in [5, 5.41) is 13.7. The molecule has 0 spiro atoms. The quantitative estimate of drug-likeness (QED) is 0.888. The molecule has 2 aromatic heterocycles. The molecule has 2 heterocycles. The molecule has 1 N–H and O–H groups in total. The van der Waals surface area contributed by atoms with E-state index in [0.29, 0.717) is 16.5 Å². The molecule has 0 radical (unpaired) electrons. The van der Waals surface area contributed by atoms with Crippen LogP contribution in [0, 0.1) is 0 Å². The molecule has 6 heteroatoms. The maximum absolute atomic E-state index is 11.2. The van der Waals surface area contributed by atoms with E-state index < -0.39 is 5.97 Å². The van der Waals surface area contributed by atoms with Crippen LogP contribution in [0.25, 0.3) is 5.65 Å². The number of hydrogen-bond acceptors (Lipinski definition) is 3. The fourth-order valence-electron chi connectivity index (χ4n) is 2.07. The fraction of sp³-hybridized carbons (Fsp3) is 0.364. The van der Waals surface area contributed by atoms with Gasteiger partial charge in [0.1, 0.15) is 0 Å². The van der Waals surface area contributed by atoms with Gasteiger partial charge in [-0.15, -0.1) is 0 Å². The number of aromatic nitrogens is 3. The molecular formula is C11H10ClN3O2. The first-order valence-corrected chi connectivity index (χ1v) is 5.67. The molecule has 0 bridgehead atoms. The van der Waals surface area contributed by atoms with Gasteiger partial charge in [0.15, 0.2) is 10.8 Å². The van der Waals surface area contributed by atoms with Gasteiger partial charge < -0.3 is 5.11 Å². The number of halogens is 1. The normalized spacial score (nSPS) is 17.3. The van der Waals surface area contributed by atoms with Crippen molar-refractivity contribution in [3.63, 3.8) is 0 Å². The summed E-state index contributed by atoms with van der Waals surface area (Å²) in [6.45, 7) is 2.03. The molecule has 1 aliphatic carbocycles. The molecule has 0 unspecified atom stereocenters. The summed E-state index contributed by atoms with van der Waals surface area (Å²) in [5.74, 6) is -0.978. The van der Waals surface area contributed by atoms with Crippen molar-refractivity contribution in [3.05, 3.63) is 28.7 Å². The van der Waals surface area contributed by atoms with Crippen LogP contribution < -0.4 is 0 Å². The SMILES string of the molecule is CC1(c2c(C(=O)O)cnc3cc(Cl)nn23)CC1. The molecule has 1 saturated carbocycles. The number of rotatable bonds is 2. The van der Waals surface area contributed by atoms with Crippen LogP contribution in [-0.2, 0) is 5.41 Å². The van der Waals surface area contributed by atoms with E-state index >= 15 is 0 Å². The van der Waals surface area contributed by atoms with Crippen molar-refractivity contribution in [2.45, 2.75) is 25.2 Å². The number of aromatic carboxylic acids is 1. The minimum absolute atomic E-state index is 0.121. The van der Waals surface area contributed by atoms with E-state index in [2.05, 4.69) is 10.1 Å². The first-order chi connectivity index (χ1) is 8.01. The van der Waals surface area contributed by atoms with Gasteiger partial charge in [-0.25, -0.2) is 14.3 Å². The molecule has 2 aromatic rings. The highest BCUT2D eigenvalue weighted by Crippen LogP contribution is 2.48. The third-order valence-electron chi connectivity index (χ3n) is 3.26. The Hall–Kier alpha value is -1.62. The lowest BCUT2D eigenvalue weighted by Crippen LogP contribution is -2.17. The summed E-state index contributed by atoms with van der Waals surface area (Å²) in [7, 11) is 0. The van der Waals surface area contributed by atoms with Gasteiger partial charge in [-0.2, -0.15) is 5.10 Å². The Bertz CT molecular complexity index is 631. The maximum Gasteiger partial charge on any atom is 0.339 e. The van der Waals surface area contributed by atoms with Crippen LogP contribution in [-0.4, -0.2) is 25.7 Å². The van der Waals surface area contributed by atoms with Gasteiger partial charge in [-0.3, -0.25) is 0 Å². The summed E-state index contributed by atoms with van der Waals surface area (Å²) in [5.41, 5.74) is 1.37. The minimum atomic E-state index is -0.978. The van der Waals surface area contributed by atoms with Crippen molar-refractivity contribution in [2.24, 2.45) is 0 Å². The highest BCUT2D eigenvalue weighted by atomic mass is 35.5. The van der Waals surface area contributed by atoms with E-state index in [4.69, 9.17) is 11.6 Å². The van der Waals surface area contributed by atoms with Gasteiger partial charge in [0.2, 0.25) is 0 Å². The molecule has 0 aliphatic heterocycles. The third-order valence-corrected chi connectivity index (χ3v) is 3.44. The molecular weight excluding hydrogens is 242 g/mol. The molecule has 0 atom stereocenters. The van der Waals surface area contributed by atoms with Gasteiger partial charge in [0.25, 0.3) is 0 Å². The second-order valence-electron chi connectivity index (χ2n) is 4.62. The van der Waals surface area contributed by atoms with E-state index in [9.17, 15) is 9.90 Å². The summed E-state index contributed by atoms with van der Waals surface area (Å²) >= 11 is 5.84. The molecule has 0 amide bonds. The Balaban J connectivity index is 2.38. The van der Waals surface area contributed by atoms with E-state index in [1.165, 1.54) is 6.20 Å². The molecule has 0 aromatic carbocycles. The van der Waals surface area contributed by atoms with Crippen LogP contribution in [0.4, 0.5) is 0 Å². The lowest BCUT2D eigenvalue weighted by atomic mass is 10.0. The number of carboxylic acid groups (broad SMARTS) is 1. The zero-order valence-corrected chi connectivity index (χ0v) is 9.90. The number of fused-ring (bicyclic) bond motifs is 1. The van der Waals surface area contributed by atoms with Crippen molar-refractivity contribution in [1.82, 2.24) is 14.6 Å². The fourth-order valence-corrected chi connectivity index (χ4v) is 2.24. The molecule has 17 heavy (non-hydrogen) atoms.